The van der Waals surface area contributed by atoms with E-state index in [4.69, 9.17) is 5.73 Å². The maximum Gasteiger partial charge on any atom is 0.150 e. The van der Waals surface area contributed by atoms with Gasteiger partial charge in [-0.05, 0) is 12.8 Å². The van der Waals surface area contributed by atoms with Crippen molar-refractivity contribution >= 4 is 21.5 Å². The standard InChI is InChI=1S/C13H22N4O2S/c1-13(2,3)12-16-10(14)8-11(17-12)15-9-4-6-20(18,19)7-5-9/h8-9H,4-7H2,1-3H3,(H3,14,15,16,17). The number of nitrogens with zero attached hydrogens (tertiary/aromatic N) is 2. The van der Waals surface area contributed by atoms with E-state index in [1.807, 2.05) is 20.8 Å². The molecule has 1 aliphatic rings. The largest absolute Gasteiger partial charge is 0.384 e. The van der Waals surface area contributed by atoms with Crippen LogP contribution in [0.5, 0.6) is 0 Å². The van der Waals surface area contributed by atoms with Crippen molar-refractivity contribution in [3.8, 4) is 0 Å². The Morgan fingerprint density at radius 2 is 1.85 bits per heavy atom. The highest BCUT2D eigenvalue weighted by Gasteiger charge is 2.24. The fourth-order valence-electron chi connectivity index (χ4n) is 2.12. The smallest absolute Gasteiger partial charge is 0.150 e. The van der Waals surface area contributed by atoms with Crippen LogP contribution < -0.4 is 11.1 Å². The summed E-state index contributed by atoms with van der Waals surface area (Å²) in [6, 6.07) is 1.82. The fourth-order valence-corrected chi connectivity index (χ4v) is 3.61. The molecule has 3 N–H and O–H groups in total. The summed E-state index contributed by atoms with van der Waals surface area (Å²) >= 11 is 0. The summed E-state index contributed by atoms with van der Waals surface area (Å²) in [6.07, 6.45) is 1.22. The first kappa shape index (κ1) is 15.0. The molecule has 0 amide bonds. The van der Waals surface area contributed by atoms with Crippen LogP contribution in [0.25, 0.3) is 0 Å². The molecule has 0 saturated carbocycles. The first-order chi connectivity index (χ1) is 9.16. The lowest BCUT2D eigenvalue weighted by molar-refractivity contribution is 0.543. The van der Waals surface area contributed by atoms with Crippen molar-refractivity contribution in [1.29, 1.82) is 0 Å². The normalized spacial score (nSPS) is 19.8. The average Bonchev–Trinajstić information content (AvgIpc) is 2.30. The van der Waals surface area contributed by atoms with E-state index in [0.29, 0.717) is 30.3 Å². The topological polar surface area (TPSA) is 98.0 Å². The molecule has 0 radical (unpaired) electrons. The van der Waals surface area contributed by atoms with Gasteiger partial charge in [-0.3, -0.25) is 0 Å². The van der Waals surface area contributed by atoms with Crippen LogP contribution in [0.1, 0.15) is 39.4 Å². The summed E-state index contributed by atoms with van der Waals surface area (Å²) in [5.41, 5.74) is 5.64. The average molecular weight is 298 g/mol. The third-order valence-corrected chi connectivity index (χ3v) is 5.04. The molecule has 1 aliphatic heterocycles. The lowest BCUT2D eigenvalue weighted by Gasteiger charge is -2.24. The molecule has 6 nitrogen and oxygen atoms in total. The Morgan fingerprint density at radius 3 is 2.40 bits per heavy atom. The van der Waals surface area contributed by atoms with Crippen LogP contribution in [0.2, 0.25) is 0 Å². The van der Waals surface area contributed by atoms with Gasteiger partial charge in [-0.2, -0.15) is 0 Å². The molecule has 0 unspecified atom stereocenters. The van der Waals surface area contributed by atoms with Gasteiger partial charge in [0, 0.05) is 17.5 Å². The molecule has 1 fully saturated rings. The van der Waals surface area contributed by atoms with Gasteiger partial charge in [0.15, 0.2) is 0 Å². The van der Waals surface area contributed by atoms with Crippen molar-refractivity contribution < 1.29 is 8.42 Å². The summed E-state index contributed by atoms with van der Waals surface area (Å²) in [5, 5.41) is 3.28. The minimum absolute atomic E-state index is 0.126. The second-order valence-electron chi connectivity index (χ2n) is 6.32. The molecule has 1 aromatic rings. The predicted molar refractivity (Wildman–Crippen MR) is 80.4 cm³/mol. The minimum Gasteiger partial charge on any atom is -0.384 e. The zero-order valence-corrected chi connectivity index (χ0v) is 13.0. The predicted octanol–water partition coefficient (Wildman–Crippen LogP) is 1.35. The first-order valence-electron chi connectivity index (χ1n) is 6.78. The molecule has 2 rings (SSSR count). The Hall–Kier alpha value is -1.37. The lowest BCUT2D eigenvalue weighted by atomic mass is 9.96. The molecule has 0 spiro atoms. The van der Waals surface area contributed by atoms with E-state index in [1.54, 1.807) is 6.07 Å². The number of rotatable bonds is 2. The highest BCUT2D eigenvalue weighted by atomic mass is 32.2. The molecule has 0 aromatic carbocycles. The monoisotopic (exact) mass is 298 g/mol. The Balaban J connectivity index is 2.12. The highest BCUT2D eigenvalue weighted by Crippen LogP contribution is 2.23. The van der Waals surface area contributed by atoms with E-state index in [1.165, 1.54) is 0 Å². The summed E-state index contributed by atoms with van der Waals surface area (Å²) in [7, 11) is -2.84. The van der Waals surface area contributed by atoms with Crippen molar-refractivity contribution in [1.82, 2.24) is 9.97 Å². The second kappa shape index (κ2) is 5.20. The Morgan fingerprint density at radius 1 is 1.25 bits per heavy atom. The Labute approximate surface area is 120 Å². The number of hydrogen-bond acceptors (Lipinski definition) is 6. The van der Waals surface area contributed by atoms with Gasteiger partial charge in [0.1, 0.15) is 27.3 Å². The Bertz CT molecular complexity index is 579. The summed E-state index contributed by atoms with van der Waals surface area (Å²) in [5.74, 6) is 2.25. The maximum atomic E-state index is 11.4. The van der Waals surface area contributed by atoms with Gasteiger partial charge in [0.25, 0.3) is 0 Å². The summed E-state index contributed by atoms with van der Waals surface area (Å²) in [6.45, 7) is 6.08. The number of aromatic nitrogens is 2. The van der Waals surface area contributed by atoms with Gasteiger partial charge in [-0.25, -0.2) is 18.4 Å². The summed E-state index contributed by atoms with van der Waals surface area (Å²) in [4.78, 5) is 8.74. The van der Waals surface area contributed by atoms with Gasteiger partial charge >= 0.3 is 0 Å². The van der Waals surface area contributed by atoms with Gasteiger partial charge in [-0.15, -0.1) is 0 Å². The van der Waals surface area contributed by atoms with Crippen LogP contribution in [0.15, 0.2) is 6.07 Å². The van der Waals surface area contributed by atoms with Crippen molar-refractivity contribution in [2.45, 2.75) is 45.1 Å². The quantitative estimate of drug-likeness (QED) is 0.855. The SMILES string of the molecule is CC(C)(C)c1nc(N)cc(NC2CCS(=O)(=O)CC2)n1. The van der Waals surface area contributed by atoms with E-state index in [-0.39, 0.29) is 23.0 Å². The molecular weight excluding hydrogens is 276 g/mol. The number of nitrogens with one attached hydrogen (secondary N) is 1. The molecular formula is C13H22N4O2S. The van der Waals surface area contributed by atoms with E-state index >= 15 is 0 Å². The summed E-state index contributed by atoms with van der Waals surface area (Å²) < 4.78 is 22.8. The molecule has 1 saturated heterocycles. The van der Waals surface area contributed by atoms with Gasteiger partial charge in [0.05, 0.1) is 11.5 Å². The van der Waals surface area contributed by atoms with E-state index in [2.05, 4.69) is 15.3 Å². The number of hydrogen-bond donors (Lipinski definition) is 2. The van der Waals surface area contributed by atoms with E-state index in [0.717, 1.165) is 0 Å². The van der Waals surface area contributed by atoms with Gasteiger partial charge < -0.3 is 11.1 Å². The van der Waals surface area contributed by atoms with Crippen LogP contribution in [0.4, 0.5) is 11.6 Å². The first-order valence-corrected chi connectivity index (χ1v) is 8.60. The minimum atomic E-state index is -2.84. The Kier molecular flexibility index (Phi) is 3.90. The third-order valence-electron chi connectivity index (χ3n) is 3.32. The van der Waals surface area contributed by atoms with Gasteiger partial charge in [0.2, 0.25) is 0 Å². The zero-order valence-electron chi connectivity index (χ0n) is 12.2. The van der Waals surface area contributed by atoms with Gasteiger partial charge in [-0.1, -0.05) is 20.8 Å². The van der Waals surface area contributed by atoms with Crippen LogP contribution in [0.3, 0.4) is 0 Å². The highest BCUT2D eigenvalue weighted by molar-refractivity contribution is 7.91. The molecule has 0 atom stereocenters. The molecule has 7 heteroatoms. The maximum absolute atomic E-state index is 11.4. The fraction of sp³-hybridized carbons (Fsp3) is 0.692. The number of anilines is 2. The van der Waals surface area contributed by atoms with Crippen LogP contribution in [0, 0.1) is 0 Å². The van der Waals surface area contributed by atoms with E-state index in [9.17, 15) is 8.42 Å². The van der Waals surface area contributed by atoms with Crippen LogP contribution >= 0.6 is 0 Å². The molecule has 0 aliphatic carbocycles. The number of nitrogen functional groups attached to an aromatic ring is 1. The van der Waals surface area contributed by atoms with Crippen molar-refractivity contribution in [3.05, 3.63) is 11.9 Å². The molecule has 2 heterocycles. The molecule has 1 aromatic heterocycles. The van der Waals surface area contributed by atoms with E-state index < -0.39 is 9.84 Å². The third kappa shape index (κ3) is 3.82. The number of sulfone groups is 1. The molecule has 112 valence electrons. The van der Waals surface area contributed by atoms with Crippen LogP contribution in [-0.4, -0.2) is 35.9 Å². The molecule has 0 bridgehead atoms. The molecule has 20 heavy (non-hydrogen) atoms. The van der Waals surface area contributed by atoms with Crippen LogP contribution in [-0.2, 0) is 15.3 Å². The van der Waals surface area contributed by atoms with Crippen molar-refractivity contribution in [3.63, 3.8) is 0 Å². The van der Waals surface area contributed by atoms with Crippen molar-refractivity contribution in [2.75, 3.05) is 22.6 Å². The zero-order chi connectivity index (χ0) is 15.0. The van der Waals surface area contributed by atoms with Crippen molar-refractivity contribution in [2.24, 2.45) is 0 Å². The number of nitrogens with two attached hydrogens (primary N) is 1. The second-order valence-corrected chi connectivity index (χ2v) is 8.63. The lowest BCUT2D eigenvalue weighted by Crippen LogP contribution is -2.32.